The summed E-state index contributed by atoms with van der Waals surface area (Å²) in [6.07, 6.45) is 1.60. The molecule has 1 aliphatic heterocycles. The molecule has 0 saturated carbocycles. The summed E-state index contributed by atoms with van der Waals surface area (Å²) in [5, 5.41) is 3.45. The Bertz CT molecular complexity index is 891. The molecule has 0 unspecified atom stereocenters. The Morgan fingerprint density at radius 2 is 1.85 bits per heavy atom. The summed E-state index contributed by atoms with van der Waals surface area (Å²) >= 11 is 0. The molecule has 2 aromatic rings. The van der Waals surface area contributed by atoms with Crippen LogP contribution >= 0.6 is 0 Å². The zero-order valence-electron chi connectivity index (χ0n) is 16.0. The normalized spacial score (nSPS) is 12.7. The van der Waals surface area contributed by atoms with Gasteiger partial charge in [0.1, 0.15) is 5.60 Å². The number of ketones is 1. The van der Waals surface area contributed by atoms with Crippen LogP contribution in [0.25, 0.3) is 0 Å². The van der Waals surface area contributed by atoms with E-state index in [9.17, 15) is 9.59 Å². The van der Waals surface area contributed by atoms with Crippen molar-refractivity contribution in [3.63, 3.8) is 0 Å². The standard InChI is InChI=1S/C22H25NO3/c1-6-14-8-7-9-15-10-16-11-17(21(25)26-22(3,4)5)12-18(13(2)24)20(16)23-19(14)15/h7-9,11-12,23H,6,10H2,1-5H3. The van der Waals surface area contributed by atoms with Gasteiger partial charge in [-0.1, -0.05) is 25.1 Å². The summed E-state index contributed by atoms with van der Waals surface area (Å²) in [4.78, 5) is 24.8. The maximum atomic E-state index is 12.5. The van der Waals surface area contributed by atoms with Crippen LogP contribution in [0.2, 0.25) is 0 Å². The number of esters is 1. The zero-order valence-corrected chi connectivity index (χ0v) is 16.0. The minimum absolute atomic E-state index is 0.0726. The molecule has 4 heteroatoms. The van der Waals surface area contributed by atoms with Crippen molar-refractivity contribution in [3.8, 4) is 0 Å². The van der Waals surface area contributed by atoms with Gasteiger partial charge in [-0.2, -0.15) is 0 Å². The van der Waals surface area contributed by atoms with Gasteiger partial charge in [0, 0.05) is 17.7 Å². The van der Waals surface area contributed by atoms with Crippen molar-refractivity contribution in [2.24, 2.45) is 0 Å². The van der Waals surface area contributed by atoms with E-state index >= 15 is 0 Å². The highest BCUT2D eigenvalue weighted by atomic mass is 16.6. The SMILES string of the molecule is CCc1cccc2c1Nc1c(cc(C(=O)OC(C)(C)C)cc1C(C)=O)C2. The number of aryl methyl sites for hydroxylation is 1. The molecule has 0 bridgehead atoms. The first-order valence-corrected chi connectivity index (χ1v) is 8.98. The second-order valence-corrected chi connectivity index (χ2v) is 7.72. The number of ether oxygens (including phenoxy) is 1. The molecule has 0 aromatic heterocycles. The Kier molecular flexibility index (Phi) is 4.61. The number of hydrogen-bond acceptors (Lipinski definition) is 4. The predicted molar refractivity (Wildman–Crippen MR) is 104 cm³/mol. The van der Waals surface area contributed by atoms with E-state index in [-0.39, 0.29) is 5.78 Å². The van der Waals surface area contributed by atoms with Crippen molar-refractivity contribution in [1.29, 1.82) is 0 Å². The Morgan fingerprint density at radius 1 is 1.12 bits per heavy atom. The minimum Gasteiger partial charge on any atom is -0.456 e. The van der Waals surface area contributed by atoms with E-state index in [1.165, 1.54) is 18.1 Å². The summed E-state index contributed by atoms with van der Waals surface area (Å²) < 4.78 is 5.48. The average molecular weight is 351 g/mol. The molecule has 1 aliphatic rings. The van der Waals surface area contributed by atoms with E-state index in [2.05, 4.69) is 24.4 Å². The van der Waals surface area contributed by atoms with E-state index < -0.39 is 11.6 Å². The van der Waals surface area contributed by atoms with Crippen molar-refractivity contribution in [3.05, 3.63) is 58.1 Å². The highest BCUT2D eigenvalue weighted by Crippen LogP contribution is 2.38. The molecule has 2 aromatic carbocycles. The van der Waals surface area contributed by atoms with Crippen molar-refractivity contribution in [2.75, 3.05) is 5.32 Å². The fraction of sp³-hybridized carbons (Fsp3) is 0.364. The van der Waals surface area contributed by atoms with Crippen LogP contribution in [0.15, 0.2) is 30.3 Å². The monoisotopic (exact) mass is 351 g/mol. The summed E-state index contributed by atoms with van der Waals surface area (Å²) in [6, 6.07) is 9.71. The Morgan fingerprint density at radius 3 is 2.46 bits per heavy atom. The number of hydrogen-bond donors (Lipinski definition) is 1. The number of carbonyl (C=O) groups is 2. The van der Waals surface area contributed by atoms with Gasteiger partial charge in [-0.05, 0) is 62.9 Å². The van der Waals surface area contributed by atoms with E-state index in [0.29, 0.717) is 17.5 Å². The van der Waals surface area contributed by atoms with Crippen LogP contribution in [0.5, 0.6) is 0 Å². The number of anilines is 2. The maximum absolute atomic E-state index is 12.5. The second kappa shape index (κ2) is 6.60. The number of rotatable bonds is 3. The molecule has 3 rings (SSSR count). The number of para-hydroxylation sites is 1. The van der Waals surface area contributed by atoms with Crippen LogP contribution in [0.1, 0.15) is 72.0 Å². The minimum atomic E-state index is -0.579. The molecular weight excluding hydrogens is 326 g/mol. The summed E-state index contributed by atoms with van der Waals surface area (Å²) in [7, 11) is 0. The number of fused-ring (bicyclic) bond motifs is 2. The lowest BCUT2D eigenvalue weighted by Crippen LogP contribution is -2.24. The Labute approximate surface area is 154 Å². The van der Waals surface area contributed by atoms with Crippen LogP contribution in [-0.4, -0.2) is 17.4 Å². The fourth-order valence-corrected chi connectivity index (χ4v) is 3.31. The van der Waals surface area contributed by atoms with Gasteiger partial charge < -0.3 is 10.1 Å². The number of Topliss-reactive ketones (excluding diaryl/α,β-unsaturated/α-hetero) is 1. The summed E-state index contributed by atoms with van der Waals surface area (Å²) in [6.45, 7) is 9.14. The van der Waals surface area contributed by atoms with Gasteiger partial charge in [-0.3, -0.25) is 4.79 Å². The van der Waals surface area contributed by atoms with Gasteiger partial charge in [0.15, 0.2) is 5.78 Å². The molecule has 1 heterocycles. The molecule has 4 nitrogen and oxygen atoms in total. The fourth-order valence-electron chi connectivity index (χ4n) is 3.31. The van der Waals surface area contributed by atoms with E-state index in [0.717, 1.165) is 23.4 Å². The first kappa shape index (κ1) is 18.2. The van der Waals surface area contributed by atoms with Crippen LogP contribution in [0.3, 0.4) is 0 Å². The largest absolute Gasteiger partial charge is 0.456 e. The van der Waals surface area contributed by atoms with Crippen molar-refractivity contribution >= 4 is 23.1 Å². The summed E-state index contributed by atoms with van der Waals surface area (Å²) in [5.74, 6) is -0.479. The molecule has 0 saturated heterocycles. The number of benzene rings is 2. The third kappa shape index (κ3) is 3.50. The maximum Gasteiger partial charge on any atom is 0.338 e. The lowest BCUT2D eigenvalue weighted by molar-refractivity contribution is 0.00694. The Hall–Kier alpha value is -2.62. The van der Waals surface area contributed by atoms with Crippen molar-refractivity contribution in [1.82, 2.24) is 0 Å². The smallest absolute Gasteiger partial charge is 0.338 e. The molecular formula is C22H25NO3. The van der Waals surface area contributed by atoms with Gasteiger partial charge in [0.2, 0.25) is 0 Å². The van der Waals surface area contributed by atoms with Crippen LogP contribution in [0, 0.1) is 0 Å². The molecule has 0 amide bonds. The predicted octanol–water partition coefficient (Wildman–Crippen LogP) is 5.05. The third-order valence-corrected chi connectivity index (χ3v) is 4.48. The van der Waals surface area contributed by atoms with Gasteiger partial charge in [-0.15, -0.1) is 0 Å². The first-order chi connectivity index (χ1) is 12.2. The summed E-state index contributed by atoms with van der Waals surface area (Å²) in [5.41, 5.74) is 5.59. The van der Waals surface area contributed by atoms with Gasteiger partial charge >= 0.3 is 5.97 Å². The molecule has 0 aliphatic carbocycles. The van der Waals surface area contributed by atoms with Crippen LogP contribution in [-0.2, 0) is 17.6 Å². The Balaban J connectivity index is 2.08. The van der Waals surface area contributed by atoms with Gasteiger partial charge in [0.05, 0.1) is 11.3 Å². The quantitative estimate of drug-likeness (QED) is 0.530. The topological polar surface area (TPSA) is 55.4 Å². The number of carbonyl (C=O) groups excluding carboxylic acids is 2. The van der Waals surface area contributed by atoms with Crippen LogP contribution in [0.4, 0.5) is 11.4 Å². The molecule has 136 valence electrons. The van der Waals surface area contributed by atoms with E-state index in [1.54, 1.807) is 6.07 Å². The van der Waals surface area contributed by atoms with Crippen molar-refractivity contribution in [2.45, 2.75) is 53.1 Å². The third-order valence-electron chi connectivity index (χ3n) is 4.48. The molecule has 26 heavy (non-hydrogen) atoms. The molecule has 1 N–H and O–H groups in total. The molecule has 0 radical (unpaired) electrons. The lowest BCUT2D eigenvalue weighted by atomic mass is 9.90. The lowest BCUT2D eigenvalue weighted by Gasteiger charge is -2.26. The molecule has 0 spiro atoms. The second-order valence-electron chi connectivity index (χ2n) is 7.72. The molecule has 0 fully saturated rings. The van der Waals surface area contributed by atoms with Crippen LogP contribution < -0.4 is 5.32 Å². The number of nitrogens with one attached hydrogen (secondary N) is 1. The van der Waals surface area contributed by atoms with Gasteiger partial charge in [-0.25, -0.2) is 4.79 Å². The highest BCUT2D eigenvalue weighted by molar-refractivity contribution is 6.04. The highest BCUT2D eigenvalue weighted by Gasteiger charge is 2.25. The van der Waals surface area contributed by atoms with Gasteiger partial charge in [0.25, 0.3) is 0 Å². The van der Waals surface area contributed by atoms with E-state index in [1.807, 2.05) is 32.9 Å². The van der Waals surface area contributed by atoms with E-state index in [4.69, 9.17) is 4.74 Å². The average Bonchev–Trinajstić information content (AvgIpc) is 2.56. The molecule has 0 atom stereocenters. The first-order valence-electron chi connectivity index (χ1n) is 8.98. The zero-order chi connectivity index (χ0) is 19.1. The van der Waals surface area contributed by atoms with Crippen molar-refractivity contribution < 1.29 is 14.3 Å².